The van der Waals surface area contributed by atoms with Crippen LogP contribution in [0.1, 0.15) is 16.9 Å². The lowest BCUT2D eigenvalue weighted by Crippen LogP contribution is -2.05. The van der Waals surface area contributed by atoms with Crippen molar-refractivity contribution in [1.29, 1.82) is 0 Å². The fraction of sp³-hybridized carbons (Fsp3) is 0.286. The molecule has 0 unspecified atom stereocenters. The fourth-order valence-corrected chi connectivity index (χ4v) is 3.59. The third-order valence-electron chi connectivity index (χ3n) is 3.23. The van der Waals surface area contributed by atoms with E-state index >= 15 is 0 Å². The monoisotopic (exact) mass is 400 g/mol. The smallest absolute Gasteiger partial charge is 0.243 e. The van der Waals surface area contributed by atoms with Crippen LogP contribution < -0.4 is 5.32 Å². The summed E-state index contributed by atoms with van der Waals surface area (Å²) in [5, 5.41) is 18.8. The van der Waals surface area contributed by atoms with Crippen LogP contribution in [0.4, 0.5) is 5.82 Å². The molecule has 0 aromatic carbocycles. The lowest BCUT2D eigenvalue weighted by molar-refractivity contribution is 0.288. The zero-order valence-corrected chi connectivity index (χ0v) is 14.7. The maximum absolute atomic E-state index is 9.00. The molecule has 3 heterocycles. The van der Waals surface area contributed by atoms with Gasteiger partial charge in [0, 0.05) is 11.5 Å². The van der Waals surface area contributed by atoms with Gasteiger partial charge >= 0.3 is 0 Å². The van der Waals surface area contributed by atoms with Gasteiger partial charge in [-0.2, -0.15) is 4.98 Å². The first kappa shape index (κ1) is 15.7. The van der Waals surface area contributed by atoms with Gasteiger partial charge in [-0.05, 0) is 63.4 Å². The molecule has 3 rings (SSSR count). The minimum absolute atomic E-state index is 0.161. The highest BCUT2D eigenvalue weighted by Crippen LogP contribution is 2.28. The number of nitrogens with one attached hydrogen (secondary N) is 1. The lowest BCUT2D eigenvalue weighted by Gasteiger charge is -2.06. The molecule has 5 nitrogen and oxygen atoms in total. The first-order valence-corrected chi connectivity index (χ1v) is 8.85. The Kier molecular flexibility index (Phi) is 4.97. The van der Waals surface area contributed by atoms with Crippen LogP contribution in [0.3, 0.4) is 0 Å². The molecule has 0 amide bonds. The summed E-state index contributed by atoms with van der Waals surface area (Å²) in [4.78, 5) is 5.51. The molecule has 2 N–H and O–H groups in total. The number of aliphatic hydroxyl groups excluding tert-OH is 1. The molecule has 0 bridgehead atoms. The van der Waals surface area contributed by atoms with E-state index in [9.17, 15) is 0 Å². The first-order chi connectivity index (χ1) is 10.7. The summed E-state index contributed by atoms with van der Waals surface area (Å²) in [6.45, 7) is 0.851. The second-order valence-corrected chi connectivity index (χ2v) is 6.87. The van der Waals surface area contributed by atoms with Crippen LogP contribution in [0, 0.1) is 0 Å². The lowest BCUT2D eigenvalue weighted by atomic mass is 10.2. The number of aryl methyl sites for hydroxylation is 1. The van der Waals surface area contributed by atoms with Crippen molar-refractivity contribution in [2.75, 3.05) is 11.9 Å². The Balaban J connectivity index is 1.94. The van der Waals surface area contributed by atoms with Crippen molar-refractivity contribution in [3.8, 4) is 0 Å². The maximum Gasteiger partial charge on any atom is 0.243 e. The Hall–Kier alpha value is -1.15. The molecule has 0 atom stereocenters. The Morgan fingerprint density at radius 1 is 1.45 bits per heavy atom. The van der Waals surface area contributed by atoms with Crippen LogP contribution in [0.25, 0.3) is 5.52 Å². The molecule has 8 heteroatoms. The summed E-state index contributed by atoms with van der Waals surface area (Å²) in [6, 6.07) is 6.11. The Morgan fingerprint density at radius 3 is 3.05 bits per heavy atom. The average molecular weight is 402 g/mol. The molecule has 0 saturated carbocycles. The predicted octanol–water partition coefficient (Wildman–Crippen LogP) is 3.74. The van der Waals surface area contributed by atoms with Crippen LogP contribution in [0.2, 0.25) is 5.28 Å². The highest BCUT2D eigenvalue weighted by molar-refractivity contribution is 9.10. The molecule has 22 heavy (non-hydrogen) atoms. The second kappa shape index (κ2) is 6.95. The van der Waals surface area contributed by atoms with Gasteiger partial charge in [-0.3, -0.25) is 0 Å². The van der Waals surface area contributed by atoms with Crippen molar-refractivity contribution >= 4 is 50.2 Å². The fourth-order valence-electron chi connectivity index (χ4n) is 2.21. The summed E-state index contributed by atoms with van der Waals surface area (Å²) in [7, 11) is 0. The maximum atomic E-state index is 9.00. The van der Waals surface area contributed by atoms with E-state index in [1.165, 1.54) is 4.88 Å². The van der Waals surface area contributed by atoms with Crippen molar-refractivity contribution in [1.82, 2.24) is 14.6 Å². The zero-order chi connectivity index (χ0) is 15.5. The van der Waals surface area contributed by atoms with Gasteiger partial charge in [0.05, 0.1) is 6.54 Å². The van der Waals surface area contributed by atoms with Gasteiger partial charge in [0.2, 0.25) is 5.28 Å². The first-order valence-electron chi connectivity index (χ1n) is 6.80. The minimum atomic E-state index is 0.161. The third kappa shape index (κ3) is 3.27. The van der Waals surface area contributed by atoms with Crippen LogP contribution in [0.5, 0.6) is 0 Å². The SMILES string of the molecule is OCCCc1cc2c(NCc3cccs3)nc(Cl)nn2c1Br. The van der Waals surface area contributed by atoms with E-state index in [1.54, 1.807) is 15.9 Å². The number of thiophene rings is 1. The molecular formula is C14H14BrClN4OS. The van der Waals surface area contributed by atoms with Crippen LogP contribution >= 0.6 is 38.9 Å². The normalized spacial score (nSPS) is 11.2. The third-order valence-corrected chi connectivity index (χ3v) is 5.12. The Bertz CT molecular complexity index is 775. The molecule has 3 aromatic rings. The van der Waals surface area contributed by atoms with E-state index in [-0.39, 0.29) is 11.9 Å². The average Bonchev–Trinajstić information content (AvgIpc) is 3.12. The van der Waals surface area contributed by atoms with Crippen LogP contribution in [-0.4, -0.2) is 26.3 Å². The van der Waals surface area contributed by atoms with E-state index in [2.05, 4.69) is 37.4 Å². The number of aromatic nitrogens is 3. The summed E-state index contributed by atoms with van der Waals surface area (Å²) < 4.78 is 2.58. The highest BCUT2D eigenvalue weighted by atomic mass is 79.9. The standard InChI is InChI=1S/C14H14BrClN4OS/c15-12-9(3-1-5-21)7-11-13(18-14(16)19-20(11)12)17-8-10-4-2-6-22-10/h2,4,6-7,21H,1,3,5,8H2,(H,17,18,19). The van der Waals surface area contributed by atoms with E-state index in [4.69, 9.17) is 16.7 Å². The largest absolute Gasteiger partial charge is 0.396 e. The summed E-state index contributed by atoms with van der Waals surface area (Å²) >= 11 is 11.3. The number of anilines is 1. The highest BCUT2D eigenvalue weighted by Gasteiger charge is 2.14. The zero-order valence-electron chi connectivity index (χ0n) is 11.6. The van der Waals surface area contributed by atoms with Crippen molar-refractivity contribution in [3.05, 3.63) is 43.9 Å². The number of rotatable bonds is 6. The Labute approximate surface area is 145 Å². The van der Waals surface area contributed by atoms with Gasteiger partial charge in [-0.1, -0.05) is 6.07 Å². The molecular weight excluding hydrogens is 388 g/mol. The number of nitrogens with zero attached hydrogens (tertiary/aromatic N) is 3. The topological polar surface area (TPSA) is 62.5 Å². The number of hydrogen-bond donors (Lipinski definition) is 2. The van der Waals surface area contributed by atoms with Gasteiger partial charge in [0.25, 0.3) is 0 Å². The molecule has 3 aromatic heterocycles. The molecule has 0 spiro atoms. The minimum Gasteiger partial charge on any atom is -0.396 e. The van der Waals surface area contributed by atoms with Gasteiger partial charge < -0.3 is 10.4 Å². The van der Waals surface area contributed by atoms with Gasteiger partial charge in [-0.25, -0.2) is 4.52 Å². The second-order valence-electron chi connectivity index (χ2n) is 4.75. The molecule has 0 fully saturated rings. The number of halogens is 2. The molecule has 0 radical (unpaired) electrons. The molecule has 0 saturated heterocycles. The molecule has 0 aliphatic rings. The van der Waals surface area contributed by atoms with Gasteiger partial charge in [0.15, 0.2) is 5.82 Å². The van der Waals surface area contributed by atoms with Crippen molar-refractivity contribution in [2.24, 2.45) is 0 Å². The van der Waals surface area contributed by atoms with E-state index in [0.29, 0.717) is 18.8 Å². The molecule has 116 valence electrons. The van der Waals surface area contributed by atoms with Crippen molar-refractivity contribution < 1.29 is 5.11 Å². The van der Waals surface area contributed by atoms with E-state index < -0.39 is 0 Å². The Morgan fingerprint density at radius 2 is 2.32 bits per heavy atom. The van der Waals surface area contributed by atoms with Crippen LogP contribution in [-0.2, 0) is 13.0 Å². The molecule has 0 aliphatic carbocycles. The van der Waals surface area contributed by atoms with E-state index in [0.717, 1.165) is 22.1 Å². The van der Waals surface area contributed by atoms with Crippen LogP contribution in [0.15, 0.2) is 28.2 Å². The predicted molar refractivity (Wildman–Crippen MR) is 92.7 cm³/mol. The summed E-state index contributed by atoms with van der Waals surface area (Å²) in [5.41, 5.74) is 1.94. The van der Waals surface area contributed by atoms with Crippen molar-refractivity contribution in [3.63, 3.8) is 0 Å². The van der Waals surface area contributed by atoms with E-state index in [1.807, 2.05) is 17.5 Å². The number of fused-ring (bicyclic) bond motifs is 1. The van der Waals surface area contributed by atoms with Gasteiger partial charge in [-0.15, -0.1) is 16.4 Å². The summed E-state index contributed by atoms with van der Waals surface area (Å²) in [5.74, 6) is 0.698. The molecule has 0 aliphatic heterocycles. The number of aliphatic hydroxyl groups is 1. The number of hydrogen-bond acceptors (Lipinski definition) is 5. The summed E-state index contributed by atoms with van der Waals surface area (Å²) in [6.07, 6.45) is 1.47. The van der Waals surface area contributed by atoms with Crippen molar-refractivity contribution in [2.45, 2.75) is 19.4 Å². The van der Waals surface area contributed by atoms with Gasteiger partial charge in [0.1, 0.15) is 10.1 Å². The quantitative estimate of drug-likeness (QED) is 0.660.